The lowest BCUT2D eigenvalue weighted by atomic mass is 9.80. The summed E-state index contributed by atoms with van der Waals surface area (Å²) in [7, 11) is 1.80. The fourth-order valence-corrected chi connectivity index (χ4v) is 4.17. The van der Waals surface area contributed by atoms with Gasteiger partial charge in [0, 0.05) is 31.5 Å². The second kappa shape index (κ2) is 8.49. The van der Waals surface area contributed by atoms with Gasteiger partial charge in [0.25, 0.3) is 0 Å². The molecule has 4 rings (SSSR count). The zero-order valence-corrected chi connectivity index (χ0v) is 16.9. The Bertz CT molecular complexity index is 997. The number of nitrogens with one attached hydrogen (secondary N) is 1. The van der Waals surface area contributed by atoms with Gasteiger partial charge in [0.05, 0.1) is 17.6 Å². The largest absolute Gasteiger partial charge is 0.396 e. The molecule has 1 aliphatic rings. The molecule has 1 aliphatic carbocycles. The minimum Gasteiger partial charge on any atom is -0.396 e. The third-order valence-corrected chi connectivity index (χ3v) is 5.89. The van der Waals surface area contributed by atoms with Crippen LogP contribution in [0.15, 0.2) is 42.9 Å². The van der Waals surface area contributed by atoms with Crippen molar-refractivity contribution in [1.29, 1.82) is 0 Å². The topological polar surface area (TPSA) is 96.1 Å². The summed E-state index contributed by atoms with van der Waals surface area (Å²) in [6.07, 6.45) is 6.61. The monoisotopic (exact) mass is 411 g/mol. The first kappa shape index (κ1) is 20.4. The number of aliphatic hydroxyl groups excluding tert-OH is 1. The molecule has 0 unspecified atom stereocenters. The van der Waals surface area contributed by atoms with Crippen LogP contribution in [0.4, 0.5) is 10.2 Å². The maximum atomic E-state index is 13.5. The van der Waals surface area contributed by atoms with E-state index in [0.29, 0.717) is 36.6 Å². The molecule has 0 radical (unpaired) electrons. The van der Waals surface area contributed by atoms with Crippen molar-refractivity contribution in [2.45, 2.75) is 43.7 Å². The Labute approximate surface area is 174 Å². The maximum Gasteiger partial charge on any atom is 0.180 e. The zero-order valence-electron chi connectivity index (χ0n) is 16.9. The van der Waals surface area contributed by atoms with Gasteiger partial charge < -0.3 is 20.1 Å². The van der Waals surface area contributed by atoms with Gasteiger partial charge in [-0.2, -0.15) is 0 Å². The second-order valence-corrected chi connectivity index (χ2v) is 7.80. The van der Waals surface area contributed by atoms with E-state index < -0.39 is 5.60 Å². The average Bonchev–Trinajstić information content (AvgIpc) is 3.20. The van der Waals surface area contributed by atoms with Gasteiger partial charge in [-0.25, -0.2) is 19.3 Å². The Morgan fingerprint density at radius 2 is 1.90 bits per heavy atom. The highest BCUT2D eigenvalue weighted by atomic mass is 19.1. The van der Waals surface area contributed by atoms with Crippen molar-refractivity contribution >= 4 is 5.82 Å². The summed E-state index contributed by atoms with van der Waals surface area (Å²) in [4.78, 5) is 13.7. The number of imidazole rings is 1. The van der Waals surface area contributed by atoms with Gasteiger partial charge in [-0.3, -0.25) is 0 Å². The highest BCUT2D eigenvalue weighted by Gasteiger charge is 2.34. The molecule has 0 amide bonds. The van der Waals surface area contributed by atoms with Crippen LogP contribution in [0.1, 0.15) is 38.1 Å². The standard InChI is InChI=1S/C22H26FN5O2/c1-24-18-8-12-25-21(27-18)20-19(15-2-4-16(23)5-3-15)26-14-28(20)17-6-9-22(30,10-7-17)11-13-29/h2-5,8,12,14,17,29-30H,6-7,9-11,13H2,1H3,(H,24,25,27). The maximum absolute atomic E-state index is 13.5. The Balaban J connectivity index is 1.75. The fourth-order valence-electron chi connectivity index (χ4n) is 4.17. The lowest BCUT2D eigenvalue weighted by molar-refractivity contribution is -0.0258. The summed E-state index contributed by atoms with van der Waals surface area (Å²) < 4.78 is 15.5. The molecule has 0 atom stereocenters. The quantitative estimate of drug-likeness (QED) is 0.575. The van der Waals surface area contributed by atoms with Crippen molar-refractivity contribution < 1.29 is 14.6 Å². The summed E-state index contributed by atoms with van der Waals surface area (Å²) in [5.41, 5.74) is 1.45. The van der Waals surface area contributed by atoms with E-state index in [2.05, 4.69) is 24.8 Å². The molecule has 1 aromatic carbocycles. The van der Waals surface area contributed by atoms with Crippen LogP contribution < -0.4 is 5.32 Å². The highest BCUT2D eigenvalue weighted by Crippen LogP contribution is 2.40. The summed E-state index contributed by atoms with van der Waals surface area (Å²) in [5.74, 6) is 0.928. The predicted octanol–water partition coefficient (Wildman–Crippen LogP) is 3.42. The van der Waals surface area contributed by atoms with Gasteiger partial charge in [-0.1, -0.05) is 0 Å². The minimum absolute atomic E-state index is 0.0170. The number of nitrogens with zero attached hydrogens (tertiary/aromatic N) is 4. The van der Waals surface area contributed by atoms with Gasteiger partial charge in [0.15, 0.2) is 5.82 Å². The zero-order chi connectivity index (χ0) is 21.1. The van der Waals surface area contributed by atoms with Crippen LogP contribution in [0.3, 0.4) is 0 Å². The molecule has 158 valence electrons. The van der Waals surface area contributed by atoms with Crippen LogP contribution in [-0.4, -0.2) is 49.0 Å². The Morgan fingerprint density at radius 1 is 1.17 bits per heavy atom. The molecule has 30 heavy (non-hydrogen) atoms. The molecule has 8 heteroatoms. The number of aliphatic hydroxyl groups is 2. The summed E-state index contributed by atoms with van der Waals surface area (Å²) >= 11 is 0. The number of hydrogen-bond acceptors (Lipinski definition) is 6. The first-order valence-corrected chi connectivity index (χ1v) is 10.2. The van der Waals surface area contributed by atoms with Crippen LogP contribution in [-0.2, 0) is 0 Å². The van der Waals surface area contributed by atoms with E-state index in [0.717, 1.165) is 24.1 Å². The number of benzene rings is 1. The normalized spacial score (nSPS) is 21.5. The van der Waals surface area contributed by atoms with Gasteiger partial charge in [0.2, 0.25) is 0 Å². The fraction of sp³-hybridized carbons (Fsp3) is 0.409. The van der Waals surface area contributed by atoms with E-state index in [1.54, 1.807) is 37.8 Å². The molecule has 0 saturated heterocycles. The van der Waals surface area contributed by atoms with Crippen LogP contribution in [0.5, 0.6) is 0 Å². The van der Waals surface area contributed by atoms with Crippen molar-refractivity contribution in [1.82, 2.24) is 19.5 Å². The van der Waals surface area contributed by atoms with Crippen molar-refractivity contribution in [3.63, 3.8) is 0 Å². The number of hydrogen-bond donors (Lipinski definition) is 3. The van der Waals surface area contributed by atoms with E-state index in [-0.39, 0.29) is 18.5 Å². The van der Waals surface area contributed by atoms with E-state index in [4.69, 9.17) is 0 Å². The number of rotatable bonds is 6. The van der Waals surface area contributed by atoms with E-state index in [1.165, 1.54) is 12.1 Å². The lowest BCUT2D eigenvalue weighted by Gasteiger charge is -2.36. The molecule has 2 aromatic heterocycles. The molecule has 0 spiro atoms. The van der Waals surface area contributed by atoms with Crippen molar-refractivity contribution in [2.24, 2.45) is 0 Å². The van der Waals surface area contributed by atoms with Crippen molar-refractivity contribution in [3.8, 4) is 22.8 Å². The predicted molar refractivity (Wildman–Crippen MR) is 112 cm³/mol. The van der Waals surface area contributed by atoms with Crippen LogP contribution in [0.2, 0.25) is 0 Å². The first-order valence-electron chi connectivity index (χ1n) is 10.2. The van der Waals surface area contributed by atoms with Crippen molar-refractivity contribution in [2.75, 3.05) is 19.0 Å². The third kappa shape index (κ3) is 4.06. The molecule has 3 aromatic rings. The average molecular weight is 411 g/mol. The molecule has 0 bridgehead atoms. The highest BCUT2D eigenvalue weighted by molar-refractivity contribution is 5.75. The lowest BCUT2D eigenvalue weighted by Crippen LogP contribution is -2.35. The number of aromatic nitrogens is 4. The van der Waals surface area contributed by atoms with Crippen LogP contribution in [0, 0.1) is 5.82 Å². The van der Waals surface area contributed by atoms with E-state index in [9.17, 15) is 14.6 Å². The van der Waals surface area contributed by atoms with E-state index in [1.807, 2.05) is 0 Å². The molecule has 1 saturated carbocycles. The molecular weight excluding hydrogens is 385 g/mol. The molecule has 1 fully saturated rings. The van der Waals surface area contributed by atoms with Crippen molar-refractivity contribution in [3.05, 3.63) is 48.7 Å². The molecular formula is C22H26FN5O2. The molecule has 3 N–H and O–H groups in total. The third-order valence-electron chi connectivity index (χ3n) is 5.89. The Hall–Kier alpha value is -2.84. The number of halogens is 1. The summed E-state index contributed by atoms with van der Waals surface area (Å²) in [6.45, 7) is -0.0170. The van der Waals surface area contributed by atoms with Crippen LogP contribution in [0.25, 0.3) is 22.8 Å². The van der Waals surface area contributed by atoms with Gasteiger partial charge in [-0.15, -0.1) is 0 Å². The van der Waals surface area contributed by atoms with Gasteiger partial charge in [-0.05, 0) is 62.4 Å². The first-order chi connectivity index (χ1) is 14.5. The second-order valence-electron chi connectivity index (χ2n) is 7.80. The summed E-state index contributed by atoms with van der Waals surface area (Å²) in [5, 5.41) is 22.9. The molecule has 2 heterocycles. The van der Waals surface area contributed by atoms with Gasteiger partial charge >= 0.3 is 0 Å². The van der Waals surface area contributed by atoms with Gasteiger partial charge in [0.1, 0.15) is 17.3 Å². The summed E-state index contributed by atoms with van der Waals surface area (Å²) in [6, 6.07) is 8.15. The SMILES string of the molecule is CNc1ccnc(-c2c(-c3ccc(F)cc3)ncn2C2CCC(O)(CCO)CC2)n1. The molecule has 7 nitrogen and oxygen atoms in total. The molecule has 0 aliphatic heterocycles. The minimum atomic E-state index is -0.811. The van der Waals surface area contributed by atoms with Crippen LogP contribution >= 0.6 is 0 Å². The Morgan fingerprint density at radius 3 is 2.57 bits per heavy atom. The Kier molecular flexibility index (Phi) is 5.78. The number of anilines is 1. The van der Waals surface area contributed by atoms with E-state index >= 15 is 0 Å². The smallest absolute Gasteiger partial charge is 0.180 e.